The van der Waals surface area contributed by atoms with Gasteiger partial charge in [0.15, 0.2) is 5.11 Å². The molecule has 6 nitrogen and oxygen atoms in total. The molecule has 0 aliphatic carbocycles. The van der Waals surface area contributed by atoms with E-state index in [2.05, 4.69) is 10.3 Å². The number of nitrogens with one attached hydrogen (secondary N) is 2. The Hall–Kier alpha value is -3.06. The van der Waals surface area contributed by atoms with E-state index in [0.717, 1.165) is 22.2 Å². The van der Waals surface area contributed by atoms with Gasteiger partial charge in [-0.3, -0.25) is 4.79 Å². The first-order valence-corrected chi connectivity index (χ1v) is 9.25. The maximum atomic E-state index is 12.6. The molecule has 0 saturated heterocycles. The number of ether oxygens (including phenoxy) is 2. The fraction of sp³-hybridized carbons (Fsp3) is 0.238. The highest BCUT2D eigenvalue weighted by molar-refractivity contribution is 7.80. The van der Waals surface area contributed by atoms with E-state index >= 15 is 0 Å². The predicted octanol–water partition coefficient (Wildman–Crippen LogP) is 3.05. The molecular weight excluding hydrogens is 374 g/mol. The molecule has 0 aliphatic heterocycles. The number of hydrogen-bond acceptors (Lipinski definition) is 4. The zero-order chi connectivity index (χ0) is 20.1. The number of aromatic nitrogens is 1. The van der Waals surface area contributed by atoms with E-state index in [1.165, 1.54) is 0 Å². The minimum atomic E-state index is -0.148. The molecule has 0 amide bonds. The molecule has 3 rings (SSSR count). The number of methoxy groups -OCH3 is 2. The fourth-order valence-corrected chi connectivity index (χ4v) is 3.20. The topological polar surface area (TPSA) is 66.6 Å². The van der Waals surface area contributed by atoms with E-state index < -0.39 is 0 Å². The van der Waals surface area contributed by atoms with Crippen LogP contribution in [0.4, 0.5) is 0 Å². The summed E-state index contributed by atoms with van der Waals surface area (Å²) in [5.41, 5.74) is 2.21. The molecule has 0 aliphatic rings. The summed E-state index contributed by atoms with van der Waals surface area (Å²) in [5.74, 6) is 1.48. The summed E-state index contributed by atoms with van der Waals surface area (Å²) in [6.07, 6.45) is 0. The third-order valence-corrected chi connectivity index (χ3v) is 5.01. The average Bonchev–Trinajstić information content (AvgIpc) is 2.73. The maximum absolute atomic E-state index is 12.6. The summed E-state index contributed by atoms with van der Waals surface area (Å²) in [5, 5.41) is 4.49. The summed E-state index contributed by atoms with van der Waals surface area (Å²) in [6.45, 7) is 0.888. The Morgan fingerprint density at radius 1 is 1.07 bits per heavy atom. The second-order valence-electron chi connectivity index (χ2n) is 6.30. The number of H-pyrrole nitrogens is 1. The summed E-state index contributed by atoms with van der Waals surface area (Å²) in [4.78, 5) is 17.5. The van der Waals surface area contributed by atoms with Crippen molar-refractivity contribution in [2.24, 2.45) is 0 Å². The summed E-state index contributed by atoms with van der Waals surface area (Å²) < 4.78 is 10.7. The lowest BCUT2D eigenvalue weighted by Crippen LogP contribution is -2.38. The van der Waals surface area contributed by atoms with Crippen LogP contribution in [0.15, 0.2) is 53.3 Å². The van der Waals surface area contributed by atoms with Crippen molar-refractivity contribution in [2.75, 3.05) is 21.3 Å². The van der Waals surface area contributed by atoms with Crippen molar-refractivity contribution >= 4 is 28.2 Å². The van der Waals surface area contributed by atoms with Crippen LogP contribution in [0, 0.1) is 0 Å². The Bertz CT molecular complexity index is 1050. The van der Waals surface area contributed by atoms with Gasteiger partial charge in [0.05, 0.1) is 26.3 Å². The largest absolute Gasteiger partial charge is 0.497 e. The number of hydrogen-bond donors (Lipinski definition) is 2. The summed E-state index contributed by atoms with van der Waals surface area (Å²) in [7, 11) is 5.01. The van der Waals surface area contributed by atoms with Crippen LogP contribution in [0.1, 0.15) is 11.1 Å². The first-order chi connectivity index (χ1) is 13.5. The Morgan fingerprint density at radius 3 is 2.54 bits per heavy atom. The highest BCUT2D eigenvalue weighted by Crippen LogP contribution is 2.22. The lowest BCUT2D eigenvalue weighted by atomic mass is 10.1. The Morgan fingerprint density at radius 2 is 1.82 bits per heavy atom. The average molecular weight is 398 g/mol. The second-order valence-corrected chi connectivity index (χ2v) is 6.69. The van der Waals surface area contributed by atoms with Gasteiger partial charge in [-0.15, -0.1) is 0 Å². The molecule has 0 saturated carbocycles. The molecular formula is C21H23N3O3S. The van der Waals surface area contributed by atoms with Gasteiger partial charge in [-0.1, -0.05) is 18.2 Å². The molecule has 146 valence electrons. The maximum Gasteiger partial charge on any atom is 0.253 e. The number of rotatable bonds is 6. The molecule has 0 atom stereocenters. The van der Waals surface area contributed by atoms with Crippen LogP contribution in [-0.4, -0.2) is 36.3 Å². The molecule has 2 N–H and O–H groups in total. The van der Waals surface area contributed by atoms with Crippen molar-refractivity contribution in [3.8, 4) is 11.5 Å². The van der Waals surface area contributed by atoms with Crippen LogP contribution in [0.5, 0.6) is 11.5 Å². The normalized spacial score (nSPS) is 10.5. The molecule has 3 aromatic rings. The van der Waals surface area contributed by atoms with Gasteiger partial charge in [0, 0.05) is 30.8 Å². The molecule has 1 heterocycles. The molecule has 1 aromatic heterocycles. The highest BCUT2D eigenvalue weighted by Gasteiger charge is 2.15. The number of benzene rings is 2. The number of fused-ring (bicyclic) bond motifs is 1. The van der Waals surface area contributed by atoms with E-state index in [0.29, 0.717) is 29.5 Å². The van der Waals surface area contributed by atoms with E-state index in [1.807, 2.05) is 53.4 Å². The summed E-state index contributed by atoms with van der Waals surface area (Å²) in [6, 6.07) is 15.3. The molecule has 28 heavy (non-hydrogen) atoms. The van der Waals surface area contributed by atoms with Crippen molar-refractivity contribution in [3.05, 3.63) is 70.0 Å². The van der Waals surface area contributed by atoms with Gasteiger partial charge in [-0.05, 0) is 41.9 Å². The van der Waals surface area contributed by atoms with E-state index in [-0.39, 0.29) is 5.56 Å². The number of pyridine rings is 1. The predicted molar refractivity (Wildman–Crippen MR) is 115 cm³/mol. The SMILES string of the molecule is CNC(=S)N(Cc1ccccc1OC)Cc1cc2ccc(OC)cc2[nH]c1=O. The molecule has 2 aromatic carbocycles. The number of aromatic amines is 1. The first kappa shape index (κ1) is 19.7. The highest BCUT2D eigenvalue weighted by atomic mass is 32.1. The van der Waals surface area contributed by atoms with Crippen molar-refractivity contribution in [1.29, 1.82) is 0 Å². The lowest BCUT2D eigenvalue weighted by molar-refractivity contribution is 0.372. The van der Waals surface area contributed by atoms with E-state index in [9.17, 15) is 4.79 Å². The number of thiocarbonyl (C=S) groups is 1. The van der Waals surface area contributed by atoms with Crippen molar-refractivity contribution < 1.29 is 9.47 Å². The summed E-state index contributed by atoms with van der Waals surface area (Å²) >= 11 is 5.47. The molecule has 0 fully saturated rings. The van der Waals surface area contributed by atoms with Gasteiger partial charge < -0.3 is 24.7 Å². The van der Waals surface area contributed by atoms with Gasteiger partial charge in [0.1, 0.15) is 11.5 Å². The van der Waals surface area contributed by atoms with E-state index in [4.69, 9.17) is 21.7 Å². The Labute approximate surface area is 169 Å². The van der Waals surface area contributed by atoms with Crippen LogP contribution in [-0.2, 0) is 13.1 Å². The third kappa shape index (κ3) is 4.26. The third-order valence-electron chi connectivity index (χ3n) is 4.55. The van der Waals surface area contributed by atoms with Crippen molar-refractivity contribution in [3.63, 3.8) is 0 Å². The second kappa shape index (κ2) is 8.75. The lowest BCUT2D eigenvalue weighted by Gasteiger charge is -2.25. The van der Waals surface area contributed by atoms with Gasteiger partial charge in [-0.25, -0.2) is 0 Å². The quantitative estimate of drug-likeness (QED) is 0.623. The van der Waals surface area contributed by atoms with Crippen molar-refractivity contribution in [1.82, 2.24) is 15.2 Å². The smallest absolute Gasteiger partial charge is 0.253 e. The monoisotopic (exact) mass is 397 g/mol. The minimum absolute atomic E-state index is 0.148. The van der Waals surface area contributed by atoms with Gasteiger partial charge in [0.2, 0.25) is 0 Å². The van der Waals surface area contributed by atoms with Crippen LogP contribution >= 0.6 is 12.2 Å². The fourth-order valence-electron chi connectivity index (χ4n) is 3.07. The molecule has 7 heteroatoms. The minimum Gasteiger partial charge on any atom is -0.497 e. The molecule has 0 unspecified atom stereocenters. The molecule has 0 bridgehead atoms. The van der Waals surface area contributed by atoms with Crippen molar-refractivity contribution in [2.45, 2.75) is 13.1 Å². The Balaban J connectivity index is 1.93. The van der Waals surface area contributed by atoms with Gasteiger partial charge >= 0.3 is 0 Å². The zero-order valence-corrected chi connectivity index (χ0v) is 16.9. The zero-order valence-electron chi connectivity index (χ0n) is 16.1. The first-order valence-electron chi connectivity index (χ1n) is 8.84. The Kier molecular flexibility index (Phi) is 6.16. The van der Waals surface area contributed by atoms with Crippen LogP contribution in [0.25, 0.3) is 10.9 Å². The standard InChI is InChI=1S/C21H23N3O3S/c1-22-21(28)24(12-15-6-4-5-7-19(15)27-3)13-16-10-14-8-9-17(26-2)11-18(14)23-20(16)25/h4-11H,12-13H2,1-3H3,(H,22,28)(H,23,25). The van der Waals surface area contributed by atoms with Gasteiger partial charge in [-0.2, -0.15) is 0 Å². The van der Waals surface area contributed by atoms with Gasteiger partial charge in [0.25, 0.3) is 5.56 Å². The number of para-hydroxylation sites is 1. The van der Waals surface area contributed by atoms with Crippen LogP contribution < -0.4 is 20.3 Å². The van der Waals surface area contributed by atoms with Crippen LogP contribution in [0.2, 0.25) is 0 Å². The molecule has 0 spiro atoms. The molecule has 0 radical (unpaired) electrons. The van der Waals surface area contributed by atoms with Crippen LogP contribution in [0.3, 0.4) is 0 Å². The number of nitrogens with zero attached hydrogens (tertiary/aromatic N) is 1. The van der Waals surface area contributed by atoms with E-state index in [1.54, 1.807) is 21.3 Å².